The van der Waals surface area contributed by atoms with Crippen LogP contribution < -0.4 is 9.44 Å². The molecule has 2 aromatic heterocycles. The summed E-state index contributed by atoms with van der Waals surface area (Å²) >= 11 is 0. The molecule has 0 unspecified atom stereocenters. The molecule has 3 rings (SSSR count). The minimum atomic E-state index is -3.69. The van der Waals surface area contributed by atoms with E-state index < -0.39 is 10.2 Å². The van der Waals surface area contributed by atoms with E-state index in [1.54, 1.807) is 18.5 Å². The maximum absolute atomic E-state index is 11.9. The van der Waals surface area contributed by atoms with Crippen molar-refractivity contribution in [2.24, 2.45) is 0 Å². The minimum Gasteiger partial charge on any atom is -0.337 e. The van der Waals surface area contributed by atoms with Crippen molar-refractivity contribution in [3.8, 4) is 11.6 Å². The third kappa shape index (κ3) is 4.41. The molecule has 1 aromatic carbocycles. The van der Waals surface area contributed by atoms with Crippen LogP contribution in [0.4, 0.5) is 0 Å². The van der Waals surface area contributed by atoms with Crippen LogP contribution in [0, 0.1) is 0 Å². The van der Waals surface area contributed by atoms with E-state index in [4.69, 9.17) is 4.52 Å². The highest BCUT2D eigenvalue weighted by Crippen LogP contribution is 2.08. The predicted molar refractivity (Wildman–Crippen MR) is 84.4 cm³/mol. The maximum atomic E-state index is 11.9. The summed E-state index contributed by atoms with van der Waals surface area (Å²) in [6, 6.07) is 10.8. The van der Waals surface area contributed by atoms with E-state index >= 15 is 0 Å². The van der Waals surface area contributed by atoms with Gasteiger partial charge < -0.3 is 4.52 Å². The molecule has 0 aliphatic rings. The van der Waals surface area contributed by atoms with Gasteiger partial charge in [0.25, 0.3) is 10.2 Å². The largest absolute Gasteiger partial charge is 0.337 e. The second-order valence-electron chi connectivity index (χ2n) is 4.72. The first kappa shape index (κ1) is 16.2. The van der Waals surface area contributed by atoms with Crippen LogP contribution in [0.3, 0.4) is 0 Å². The van der Waals surface area contributed by atoms with Crippen LogP contribution in [0.5, 0.6) is 0 Å². The van der Waals surface area contributed by atoms with Crippen molar-refractivity contribution in [3.05, 3.63) is 60.2 Å². The molecule has 10 heteroatoms. The third-order valence-corrected chi connectivity index (χ3v) is 4.01. The van der Waals surface area contributed by atoms with Crippen LogP contribution in [0.15, 0.2) is 53.3 Å². The number of hydrogen-bond donors (Lipinski definition) is 2. The maximum Gasteiger partial charge on any atom is 0.277 e. The lowest BCUT2D eigenvalue weighted by atomic mass is 10.2. The number of hydrogen-bond acceptors (Lipinski definition) is 7. The fourth-order valence-corrected chi connectivity index (χ4v) is 2.59. The Balaban J connectivity index is 1.56. The van der Waals surface area contributed by atoms with Gasteiger partial charge in [-0.2, -0.15) is 22.8 Å². The van der Waals surface area contributed by atoms with Crippen LogP contribution in [-0.4, -0.2) is 28.5 Å². The Bertz CT molecular complexity index is 883. The van der Waals surface area contributed by atoms with E-state index in [2.05, 4.69) is 29.6 Å². The summed E-state index contributed by atoms with van der Waals surface area (Å²) in [4.78, 5) is 12.0. The molecular weight excluding hydrogens is 332 g/mol. The number of rotatable bonds is 7. The average molecular weight is 346 g/mol. The van der Waals surface area contributed by atoms with Crippen molar-refractivity contribution in [3.63, 3.8) is 0 Å². The van der Waals surface area contributed by atoms with Gasteiger partial charge >= 0.3 is 0 Å². The molecule has 0 aliphatic heterocycles. The van der Waals surface area contributed by atoms with Crippen LogP contribution in [0.1, 0.15) is 11.5 Å². The average Bonchev–Trinajstić information content (AvgIpc) is 3.09. The first-order valence-electron chi connectivity index (χ1n) is 7.00. The van der Waals surface area contributed by atoms with Crippen molar-refractivity contribution in [1.82, 2.24) is 29.6 Å². The zero-order valence-corrected chi connectivity index (χ0v) is 13.3. The van der Waals surface area contributed by atoms with Crippen molar-refractivity contribution in [2.75, 3.05) is 0 Å². The van der Waals surface area contributed by atoms with Crippen LogP contribution in [0.25, 0.3) is 11.6 Å². The van der Waals surface area contributed by atoms with Gasteiger partial charge in [0.05, 0.1) is 6.54 Å². The molecule has 0 amide bonds. The lowest BCUT2D eigenvalue weighted by molar-refractivity contribution is 0.375. The summed E-state index contributed by atoms with van der Waals surface area (Å²) in [7, 11) is -3.69. The summed E-state index contributed by atoms with van der Waals surface area (Å²) in [6.45, 7) is 0.0487. The molecular formula is C14H14N6O3S. The molecule has 124 valence electrons. The molecule has 0 aliphatic carbocycles. The Kier molecular flexibility index (Phi) is 4.89. The van der Waals surface area contributed by atoms with E-state index in [1.807, 2.05) is 30.3 Å². The molecule has 0 fully saturated rings. The molecule has 2 heterocycles. The zero-order valence-electron chi connectivity index (χ0n) is 12.5. The molecule has 0 bridgehead atoms. The minimum absolute atomic E-state index is 0.113. The Morgan fingerprint density at radius 2 is 1.62 bits per heavy atom. The van der Waals surface area contributed by atoms with Crippen molar-refractivity contribution in [2.45, 2.75) is 13.1 Å². The summed E-state index contributed by atoms with van der Waals surface area (Å²) in [5.74, 6) is 0.613. The first-order chi connectivity index (χ1) is 11.6. The van der Waals surface area contributed by atoms with Gasteiger partial charge in [-0.25, -0.2) is 9.97 Å². The molecule has 9 nitrogen and oxygen atoms in total. The van der Waals surface area contributed by atoms with E-state index in [9.17, 15) is 8.42 Å². The number of nitrogens with one attached hydrogen (secondary N) is 2. The molecule has 0 atom stereocenters. The zero-order chi connectivity index (χ0) is 16.8. The molecule has 0 saturated heterocycles. The monoisotopic (exact) mass is 346 g/mol. The highest BCUT2D eigenvalue weighted by molar-refractivity contribution is 7.87. The highest BCUT2D eigenvalue weighted by atomic mass is 32.2. The van der Waals surface area contributed by atoms with Crippen LogP contribution in [-0.2, 0) is 23.3 Å². The van der Waals surface area contributed by atoms with Gasteiger partial charge in [0.1, 0.15) is 0 Å². The summed E-state index contributed by atoms with van der Waals surface area (Å²) in [5, 5.41) is 3.71. The van der Waals surface area contributed by atoms with Crippen LogP contribution >= 0.6 is 0 Å². The summed E-state index contributed by atoms with van der Waals surface area (Å²) in [6.07, 6.45) is 3.10. The van der Waals surface area contributed by atoms with Gasteiger partial charge in [-0.3, -0.25) is 0 Å². The topological polar surface area (TPSA) is 123 Å². The number of benzene rings is 1. The number of nitrogens with zero attached hydrogens (tertiary/aromatic N) is 4. The Morgan fingerprint density at radius 3 is 2.38 bits per heavy atom. The van der Waals surface area contributed by atoms with E-state index in [1.165, 1.54) is 0 Å². The standard InChI is InChI=1S/C14H14N6O3S/c21-24(22,17-9-11-5-2-1-3-6-11)18-10-12-19-14(20-23-12)13-15-7-4-8-16-13/h1-8,17-18H,9-10H2. The second kappa shape index (κ2) is 7.25. The fraction of sp³-hybridized carbons (Fsp3) is 0.143. The smallest absolute Gasteiger partial charge is 0.277 e. The summed E-state index contributed by atoms with van der Waals surface area (Å²) < 4.78 is 33.6. The molecule has 3 aromatic rings. The molecule has 0 saturated carbocycles. The van der Waals surface area contributed by atoms with Gasteiger partial charge in [0, 0.05) is 18.9 Å². The third-order valence-electron chi connectivity index (χ3n) is 2.96. The van der Waals surface area contributed by atoms with Gasteiger partial charge in [-0.1, -0.05) is 35.5 Å². The van der Waals surface area contributed by atoms with E-state index in [0.717, 1.165) is 5.56 Å². The van der Waals surface area contributed by atoms with Gasteiger partial charge in [0.15, 0.2) is 0 Å². The molecule has 24 heavy (non-hydrogen) atoms. The molecule has 0 spiro atoms. The summed E-state index contributed by atoms with van der Waals surface area (Å²) in [5.41, 5.74) is 0.851. The van der Waals surface area contributed by atoms with E-state index in [-0.39, 0.29) is 24.8 Å². The van der Waals surface area contributed by atoms with E-state index in [0.29, 0.717) is 5.82 Å². The predicted octanol–water partition coefficient (Wildman–Crippen LogP) is 0.651. The molecule has 2 N–H and O–H groups in total. The Morgan fingerprint density at radius 1 is 0.917 bits per heavy atom. The lowest BCUT2D eigenvalue weighted by Crippen LogP contribution is -2.35. The van der Waals surface area contributed by atoms with Crippen molar-refractivity contribution < 1.29 is 12.9 Å². The lowest BCUT2D eigenvalue weighted by Gasteiger charge is -2.06. The fourth-order valence-electron chi connectivity index (χ4n) is 1.81. The van der Waals surface area contributed by atoms with Gasteiger partial charge in [-0.05, 0) is 11.6 Å². The first-order valence-corrected chi connectivity index (χ1v) is 8.49. The van der Waals surface area contributed by atoms with Gasteiger partial charge in [-0.15, -0.1) is 0 Å². The molecule has 0 radical (unpaired) electrons. The van der Waals surface area contributed by atoms with Gasteiger partial charge in [0.2, 0.25) is 17.5 Å². The second-order valence-corrected chi connectivity index (χ2v) is 6.30. The Labute approximate surface area is 138 Å². The normalized spacial score (nSPS) is 11.5. The highest BCUT2D eigenvalue weighted by Gasteiger charge is 2.14. The SMILES string of the molecule is O=S(=O)(NCc1ccccc1)NCc1nc(-c2ncccn2)no1. The van der Waals surface area contributed by atoms with Crippen molar-refractivity contribution >= 4 is 10.2 Å². The van der Waals surface area contributed by atoms with Crippen molar-refractivity contribution in [1.29, 1.82) is 0 Å². The van der Waals surface area contributed by atoms with Crippen LogP contribution in [0.2, 0.25) is 0 Å². The quantitative estimate of drug-likeness (QED) is 0.644. The Hall–Kier alpha value is -2.69. The number of aromatic nitrogens is 4.